The van der Waals surface area contributed by atoms with Crippen LogP contribution in [0.15, 0.2) is 58.3 Å². The lowest BCUT2D eigenvalue weighted by atomic mass is 9.80. The second-order valence-electron chi connectivity index (χ2n) is 8.60. The van der Waals surface area contributed by atoms with Gasteiger partial charge >= 0.3 is 0 Å². The van der Waals surface area contributed by atoms with E-state index in [2.05, 4.69) is 0 Å². The molecule has 2 aliphatic rings. The molecule has 0 aromatic heterocycles. The summed E-state index contributed by atoms with van der Waals surface area (Å²) in [6.07, 6.45) is 3.83. The molecule has 2 unspecified atom stereocenters. The van der Waals surface area contributed by atoms with Crippen molar-refractivity contribution in [3.8, 4) is 0 Å². The average Bonchev–Trinajstić information content (AvgIpc) is 3.35. The quantitative estimate of drug-likeness (QED) is 0.468. The van der Waals surface area contributed by atoms with Crippen molar-refractivity contribution in [2.45, 2.75) is 42.9 Å². The maximum atomic E-state index is 10.5. The lowest BCUT2D eigenvalue weighted by Gasteiger charge is -2.27. The van der Waals surface area contributed by atoms with Crippen molar-refractivity contribution in [1.82, 2.24) is 0 Å². The monoisotopic (exact) mass is 500 g/mol. The van der Waals surface area contributed by atoms with Gasteiger partial charge in [-0.3, -0.25) is 9.11 Å². The topological polar surface area (TPSA) is 149 Å². The van der Waals surface area contributed by atoms with E-state index < -0.39 is 20.2 Å². The van der Waals surface area contributed by atoms with E-state index in [-0.39, 0.29) is 23.0 Å². The van der Waals surface area contributed by atoms with Crippen molar-refractivity contribution in [2.75, 3.05) is 13.2 Å². The molecule has 0 saturated heterocycles. The first-order valence-electron chi connectivity index (χ1n) is 10.7. The van der Waals surface area contributed by atoms with Crippen LogP contribution in [0, 0.1) is 37.5 Å². The molecule has 33 heavy (non-hydrogen) atoms. The van der Waals surface area contributed by atoms with E-state index in [1.54, 1.807) is 24.3 Å². The fourth-order valence-corrected chi connectivity index (χ4v) is 5.48. The second-order valence-corrected chi connectivity index (χ2v) is 11.4. The zero-order chi connectivity index (χ0) is 24.8. The molecule has 2 aromatic carbocycles. The van der Waals surface area contributed by atoms with Crippen molar-refractivity contribution >= 4 is 20.2 Å². The molecule has 8 nitrogen and oxygen atoms in total. The summed E-state index contributed by atoms with van der Waals surface area (Å²) in [6.45, 7) is 4.25. The van der Waals surface area contributed by atoms with E-state index >= 15 is 0 Å². The minimum absolute atomic E-state index is 0.0666. The summed E-state index contributed by atoms with van der Waals surface area (Å²) >= 11 is 0. The lowest BCUT2D eigenvalue weighted by molar-refractivity contribution is 0.0791. The van der Waals surface area contributed by atoms with E-state index in [1.807, 2.05) is 13.8 Å². The summed E-state index contributed by atoms with van der Waals surface area (Å²) in [7, 11) is -8.04. The maximum absolute atomic E-state index is 10.5. The lowest BCUT2D eigenvalue weighted by Crippen LogP contribution is -2.27. The summed E-state index contributed by atoms with van der Waals surface area (Å²) in [6, 6.07) is 12.0. The Hall–Kier alpha value is -1.82. The van der Waals surface area contributed by atoms with Gasteiger partial charge in [0.25, 0.3) is 20.2 Å². The first-order valence-corrected chi connectivity index (χ1v) is 13.5. The molecular formula is C23H32O8S2. The number of hydrogen-bond donors (Lipinski definition) is 4. The molecule has 0 aliphatic heterocycles. The normalized spacial score (nSPS) is 23.8. The summed E-state index contributed by atoms with van der Waals surface area (Å²) in [5, 5.41) is 18.2. The molecule has 2 saturated carbocycles. The zero-order valence-corrected chi connectivity index (χ0v) is 20.3. The van der Waals surface area contributed by atoms with Gasteiger partial charge in [0, 0.05) is 13.2 Å². The third-order valence-electron chi connectivity index (χ3n) is 6.33. The summed E-state index contributed by atoms with van der Waals surface area (Å²) < 4.78 is 59.1. The number of aliphatic hydroxyl groups excluding tert-OH is 2. The Morgan fingerprint density at radius 3 is 1.21 bits per heavy atom. The van der Waals surface area contributed by atoms with Gasteiger partial charge in [0.05, 0.1) is 9.79 Å². The second kappa shape index (κ2) is 11.5. The van der Waals surface area contributed by atoms with Gasteiger partial charge in [-0.1, -0.05) is 35.4 Å². The highest BCUT2D eigenvalue weighted by Gasteiger charge is 2.46. The van der Waals surface area contributed by atoms with Crippen molar-refractivity contribution in [2.24, 2.45) is 23.7 Å². The molecule has 4 atom stereocenters. The van der Waals surface area contributed by atoms with E-state index in [0.717, 1.165) is 23.0 Å². The molecule has 0 spiro atoms. The smallest absolute Gasteiger partial charge is 0.294 e. The molecule has 0 heterocycles. The Bertz CT molecular complexity index is 1000. The van der Waals surface area contributed by atoms with E-state index in [0.29, 0.717) is 11.8 Å². The van der Waals surface area contributed by atoms with Crippen molar-refractivity contribution in [3.63, 3.8) is 0 Å². The predicted octanol–water partition coefficient (Wildman–Crippen LogP) is 3.12. The molecule has 2 fully saturated rings. The Labute approximate surface area is 195 Å². The van der Waals surface area contributed by atoms with Gasteiger partial charge in [0.1, 0.15) is 0 Å². The van der Waals surface area contributed by atoms with E-state index in [9.17, 15) is 16.8 Å². The van der Waals surface area contributed by atoms with E-state index in [1.165, 1.54) is 43.5 Å². The molecule has 4 rings (SSSR count). The maximum Gasteiger partial charge on any atom is 0.294 e. The van der Waals surface area contributed by atoms with Crippen molar-refractivity contribution in [1.29, 1.82) is 0 Å². The van der Waals surface area contributed by atoms with Crippen LogP contribution >= 0.6 is 0 Å². The van der Waals surface area contributed by atoms with Gasteiger partial charge in [-0.25, -0.2) is 0 Å². The van der Waals surface area contributed by atoms with Crippen molar-refractivity contribution < 1.29 is 36.2 Å². The van der Waals surface area contributed by atoms with E-state index in [4.69, 9.17) is 19.3 Å². The summed E-state index contributed by atoms with van der Waals surface area (Å²) in [5.74, 6) is 2.28. The Balaban J connectivity index is 0.000000175. The molecule has 10 heteroatoms. The fraction of sp³-hybridized carbons (Fsp3) is 0.478. The largest absolute Gasteiger partial charge is 0.396 e. The van der Waals surface area contributed by atoms with Crippen LogP contribution in [-0.2, 0) is 20.2 Å². The number of aliphatic hydroxyl groups is 2. The van der Waals surface area contributed by atoms with Crippen LogP contribution < -0.4 is 0 Å². The predicted molar refractivity (Wildman–Crippen MR) is 124 cm³/mol. The summed E-state index contributed by atoms with van der Waals surface area (Å²) in [4.78, 5) is -0.133. The van der Waals surface area contributed by atoms with Gasteiger partial charge in [0.15, 0.2) is 0 Å². The third kappa shape index (κ3) is 7.87. The van der Waals surface area contributed by atoms with Crippen LogP contribution in [0.4, 0.5) is 0 Å². The Kier molecular flexibility index (Phi) is 9.59. The number of rotatable bonds is 4. The molecule has 2 bridgehead atoms. The molecular weight excluding hydrogens is 468 g/mol. The molecule has 0 radical (unpaired) electrons. The van der Waals surface area contributed by atoms with Crippen LogP contribution in [0.5, 0.6) is 0 Å². The SMILES string of the molecule is Cc1ccc(S(=O)(=O)O)cc1.Cc1ccc(S(=O)(=O)O)cc1.OC[C@H]1C2CCC(C2)[C@@H]1CO. The molecule has 4 N–H and O–H groups in total. The first kappa shape index (κ1) is 27.4. The molecule has 0 amide bonds. The highest BCUT2D eigenvalue weighted by Crippen LogP contribution is 2.51. The number of fused-ring (bicyclic) bond motifs is 2. The number of aryl methyl sites for hydroxylation is 2. The van der Waals surface area contributed by atoms with Crippen LogP contribution in [-0.4, -0.2) is 49.4 Å². The molecule has 2 aliphatic carbocycles. The minimum atomic E-state index is -4.02. The van der Waals surface area contributed by atoms with Gasteiger partial charge < -0.3 is 10.2 Å². The molecule has 2 aromatic rings. The number of benzene rings is 2. The van der Waals surface area contributed by atoms with Gasteiger partial charge in [-0.15, -0.1) is 0 Å². The third-order valence-corrected chi connectivity index (χ3v) is 8.07. The summed E-state index contributed by atoms with van der Waals surface area (Å²) in [5.41, 5.74) is 1.91. The van der Waals surface area contributed by atoms with Crippen LogP contribution in [0.1, 0.15) is 30.4 Å². The Morgan fingerprint density at radius 1 is 0.667 bits per heavy atom. The standard InChI is InChI=1S/C9H16O2.2C7H8O3S/c10-4-8-6-1-2-7(3-6)9(8)5-11;2*1-6-2-4-7(5-3-6)11(8,9)10/h6-11H,1-5H2;2*2-5H,1H3,(H,8,9,10)/t6?,7?,8-,9-;;/m0../s1. The van der Waals surface area contributed by atoms with Gasteiger partial charge in [0.2, 0.25) is 0 Å². The average molecular weight is 501 g/mol. The van der Waals surface area contributed by atoms with Gasteiger partial charge in [-0.2, -0.15) is 16.8 Å². The van der Waals surface area contributed by atoms with Crippen LogP contribution in [0.3, 0.4) is 0 Å². The van der Waals surface area contributed by atoms with Crippen LogP contribution in [0.25, 0.3) is 0 Å². The minimum Gasteiger partial charge on any atom is -0.396 e. The Morgan fingerprint density at radius 2 is 0.970 bits per heavy atom. The van der Waals surface area contributed by atoms with Crippen LogP contribution in [0.2, 0.25) is 0 Å². The fourth-order valence-electron chi connectivity index (χ4n) is 4.52. The highest BCUT2D eigenvalue weighted by atomic mass is 32.2. The zero-order valence-electron chi connectivity index (χ0n) is 18.7. The van der Waals surface area contributed by atoms with Gasteiger partial charge in [-0.05, 0) is 81.0 Å². The molecule has 184 valence electrons. The number of hydrogen-bond acceptors (Lipinski definition) is 6. The highest BCUT2D eigenvalue weighted by molar-refractivity contribution is 7.86. The van der Waals surface area contributed by atoms with Crippen molar-refractivity contribution in [3.05, 3.63) is 59.7 Å². The first-order chi connectivity index (χ1) is 15.4.